The van der Waals surface area contributed by atoms with E-state index in [2.05, 4.69) is 21.2 Å². The largest absolute Gasteiger partial charge is 0.351 e. The molecule has 0 spiro atoms. The van der Waals surface area contributed by atoms with E-state index in [0.29, 0.717) is 23.7 Å². The Kier molecular flexibility index (Phi) is 6.55. The van der Waals surface area contributed by atoms with Crippen LogP contribution in [0.25, 0.3) is 0 Å². The number of nitriles is 1. The Hall–Kier alpha value is -2.56. The summed E-state index contributed by atoms with van der Waals surface area (Å²) >= 11 is 4.61. The maximum Gasteiger partial charge on any atom is 0.264 e. The molecule has 2 aromatic carbocycles. The second-order valence-corrected chi connectivity index (χ2v) is 8.44. The topological polar surface area (TPSA) is 73.2 Å². The van der Waals surface area contributed by atoms with Gasteiger partial charge in [0.25, 0.3) is 5.91 Å². The number of benzene rings is 2. The standard InChI is InChI=1S/C21H18BrN3O2S/c1-14-20(27)25(17-9-7-16(22)8-10-17)21(28-14)18(13-23)19(26)24-12-11-15-5-3-2-4-6-15/h2-10,14H,11-12H2,1H3,(H,24,26)/b21-18+/t14-/m0/s1. The third-order valence-electron chi connectivity index (χ3n) is 4.24. The average molecular weight is 456 g/mol. The summed E-state index contributed by atoms with van der Waals surface area (Å²) in [6.45, 7) is 2.18. The summed E-state index contributed by atoms with van der Waals surface area (Å²) in [5, 5.41) is 12.4. The molecule has 0 aromatic heterocycles. The fourth-order valence-corrected chi connectivity index (χ4v) is 4.17. The normalized spacial score (nSPS) is 18.0. The van der Waals surface area contributed by atoms with Crippen molar-refractivity contribution >= 4 is 45.2 Å². The second kappa shape index (κ2) is 9.09. The van der Waals surface area contributed by atoms with Gasteiger partial charge in [0.15, 0.2) is 0 Å². The van der Waals surface area contributed by atoms with Gasteiger partial charge in [0, 0.05) is 16.7 Å². The Labute approximate surface area is 176 Å². The van der Waals surface area contributed by atoms with Crippen LogP contribution < -0.4 is 10.2 Å². The highest BCUT2D eigenvalue weighted by Gasteiger charge is 2.38. The summed E-state index contributed by atoms with van der Waals surface area (Å²) in [5.74, 6) is -0.614. The number of rotatable bonds is 5. The first-order valence-electron chi connectivity index (χ1n) is 8.74. The Bertz CT molecular complexity index is 952. The number of carbonyl (C=O) groups is 2. The lowest BCUT2D eigenvalue weighted by Crippen LogP contribution is -2.31. The minimum absolute atomic E-state index is 0.0429. The molecule has 1 aliphatic rings. The van der Waals surface area contributed by atoms with Gasteiger partial charge in [-0.25, -0.2) is 0 Å². The number of nitrogens with one attached hydrogen (secondary N) is 1. The lowest BCUT2D eigenvalue weighted by atomic mass is 10.1. The molecule has 1 N–H and O–H groups in total. The van der Waals surface area contributed by atoms with Gasteiger partial charge in [0.2, 0.25) is 5.91 Å². The van der Waals surface area contributed by atoms with E-state index in [-0.39, 0.29) is 16.7 Å². The Morgan fingerprint density at radius 3 is 2.54 bits per heavy atom. The maximum absolute atomic E-state index is 12.7. The molecule has 0 radical (unpaired) electrons. The fraction of sp³-hybridized carbons (Fsp3) is 0.190. The predicted molar refractivity (Wildman–Crippen MR) is 114 cm³/mol. The fourth-order valence-electron chi connectivity index (χ4n) is 2.81. The first kappa shape index (κ1) is 20.2. The number of hydrogen-bond donors (Lipinski definition) is 1. The van der Waals surface area contributed by atoms with Crippen molar-refractivity contribution in [2.24, 2.45) is 0 Å². The van der Waals surface area contributed by atoms with Crippen molar-refractivity contribution in [3.63, 3.8) is 0 Å². The van der Waals surface area contributed by atoms with Gasteiger partial charge in [-0.2, -0.15) is 5.26 Å². The molecule has 1 heterocycles. The zero-order chi connectivity index (χ0) is 20.1. The smallest absolute Gasteiger partial charge is 0.264 e. The number of thioether (sulfide) groups is 1. The van der Waals surface area contributed by atoms with Gasteiger partial charge >= 0.3 is 0 Å². The quantitative estimate of drug-likeness (QED) is 0.545. The van der Waals surface area contributed by atoms with Crippen LogP contribution in [0.15, 0.2) is 69.7 Å². The summed E-state index contributed by atoms with van der Waals surface area (Å²) < 4.78 is 0.883. The zero-order valence-electron chi connectivity index (χ0n) is 15.2. The number of nitrogens with zero attached hydrogens (tertiary/aromatic N) is 2. The van der Waals surface area contributed by atoms with Gasteiger partial charge in [-0.3, -0.25) is 14.5 Å². The van der Waals surface area contributed by atoms with E-state index < -0.39 is 5.91 Å². The van der Waals surface area contributed by atoms with Crippen LogP contribution >= 0.6 is 27.7 Å². The van der Waals surface area contributed by atoms with Crippen LogP contribution in [0.5, 0.6) is 0 Å². The van der Waals surface area contributed by atoms with Crippen molar-refractivity contribution in [2.45, 2.75) is 18.6 Å². The van der Waals surface area contributed by atoms with E-state index in [9.17, 15) is 14.9 Å². The van der Waals surface area contributed by atoms with Crippen molar-refractivity contribution in [3.05, 3.63) is 75.2 Å². The third-order valence-corrected chi connectivity index (χ3v) is 5.93. The van der Waals surface area contributed by atoms with Crippen molar-refractivity contribution < 1.29 is 9.59 Å². The minimum Gasteiger partial charge on any atom is -0.351 e. The van der Waals surface area contributed by atoms with E-state index >= 15 is 0 Å². The van der Waals surface area contributed by atoms with Gasteiger partial charge in [-0.1, -0.05) is 58.0 Å². The summed E-state index contributed by atoms with van der Waals surface area (Å²) in [7, 11) is 0. The van der Waals surface area contributed by atoms with Crippen LogP contribution in [-0.2, 0) is 16.0 Å². The molecule has 7 heteroatoms. The highest BCUT2D eigenvalue weighted by atomic mass is 79.9. The molecular weight excluding hydrogens is 438 g/mol. The summed E-state index contributed by atoms with van der Waals surface area (Å²) in [5.41, 5.74) is 1.69. The molecule has 142 valence electrons. The number of carbonyl (C=O) groups excluding carboxylic acids is 2. The Balaban J connectivity index is 1.82. The molecule has 1 aliphatic heterocycles. The van der Waals surface area contributed by atoms with Crippen molar-refractivity contribution in [2.75, 3.05) is 11.4 Å². The third kappa shape index (κ3) is 4.46. The molecule has 0 saturated carbocycles. The molecule has 1 fully saturated rings. The number of halogens is 1. The van der Waals surface area contributed by atoms with E-state index in [0.717, 1.165) is 10.0 Å². The zero-order valence-corrected chi connectivity index (χ0v) is 17.6. The van der Waals surface area contributed by atoms with Gasteiger partial charge in [0.05, 0.1) is 5.25 Å². The van der Waals surface area contributed by atoms with Crippen LogP contribution in [0.4, 0.5) is 5.69 Å². The summed E-state index contributed by atoms with van der Waals surface area (Å²) in [4.78, 5) is 26.8. The SMILES string of the molecule is C[C@@H]1S/C(=C(\C#N)C(=O)NCCc2ccccc2)N(c2ccc(Br)cc2)C1=O. The summed E-state index contributed by atoms with van der Waals surface area (Å²) in [6.07, 6.45) is 0.666. The Morgan fingerprint density at radius 1 is 1.21 bits per heavy atom. The van der Waals surface area contributed by atoms with E-state index in [1.807, 2.05) is 48.5 Å². The van der Waals surface area contributed by atoms with Gasteiger partial charge in [-0.15, -0.1) is 0 Å². The van der Waals surface area contributed by atoms with Crippen molar-refractivity contribution in [1.82, 2.24) is 5.32 Å². The maximum atomic E-state index is 12.7. The van der Waals surface area contributed by atoms with E-state index in [1.54, 1.807) is 19.1 Å². The summed E-state index contributed by atoms with van der Waals surface area (Å²) in [6, 6.07) is 19.0. The predicted octanol–water partition coefficient (Wildman–Crippen LogP) is 4.01. The Morgan fingerprint density at radius 2 is 1.89 bits per heavy atom. The first-order valence-corrected chi connectivity index (χ1v) is 10.4. The van der Waals surface area contributed by atoms with Gasteiger partial charge in [-0.05, 0) is 43.2 Å². The van der Waals surface area contributed by atoms with Crippen LogP contribution in [0, 0.1) is 11.3 Å². The van der Waals surface area contributed by atoms with E-state index in [1.165, 1.54) is 16.7 Å². The molecule has 0 aliphatic carbocycles. The molecule has 2 amide bonds. The molecule has 28 heavy (non-hydrogen) atoms. The lowest BCUT2D eigenvalue weighted by Gasteiger charge is -2.18. The molecule has 1 saturated heterocycles. The molecule has 0 unspecified atom stereocenters. The molecule has 3 rings (SSSR count). The average Bonchev–Trinajstić information content (AvgIpc) is 2.98. The number of anilines is 1. The highest BCUT2D eigenvalue weighted by molar-refractivity contribution is 9.10. The number of hydrogen-bond acceptors (Lipinski definition) is 4. The highest BCUT2D eigenvalue weighted by Crippen LogP contribution is 2.40. The number of amides is 2. The molecule has 2 aromatic rings. The van der Waals surface area contributed by atoms with Crippen LogP contribution in [0.1, 0.15) is 12.5 Å². The van der Waals surface area contributed by atoms with Crippen LogP contribution in [-0.4, -0.2) is 23.6 Å². The van der Waals surface area contributed by atoms with Crippen LogP contribution in [0.2, 0.25) is 0 Å². The van der Waals surface area contributed by atoms with Gasteiger partial charge < -0.3 is 5.32 Å². The van der Waals surface area contributed by atoms with Gasteiger partial charge in [0.1, 0.15) is 16.7 Å². The minimum atomic E-state index is -0.468. The molecule has 1 atom stereocenters. The second-order valence-electron chi connectivity index (χ2n) is 6.19. The molecule has 0 bridgehead atoms. The molecular formula is C21H18BrN3O2S. The molecule has 5 nitrogen and oxygen atoms in total. The van der Waals surface area contributed by atoms with Crippen molar-refractivity contribution in [1.29, 1.82) is 5.26 Å². The van der Waals surface area contributed by atoms with Crippen molar-refractivity contribution in [3.8, 4) is 6.07 Å². The lowest BCUT2D eigenvalue weighted by molar-refractivity contribution is -0.117. The first-order chi connectivity index (χ1) is 13.5. The van der Waals surface area contributed by atoms with Crippen LogP contribution in [0.3, 0.4) is 0 Å². The monoisotopic (exact) mass is 455 g/mol. The van der Waals surface area contributed by atoms with E-state index in [4.69, 9.17) is 0 Å².